The molecule has 0 radical (unpaired) electrons. The number of rotatable bonds is 8. The molecule has 0 aliphatic carbocycles. The highest BCUT2D eigenvalue weighted by Crippen LogP contribution is 2.51. The third kappa shape index (κ3) is 3.47. The SMILES string of the molecule is CCOc1cc(N(CC)CC)ccc1C1(c2cn(CC)c3ccccc23)OC(=O)c2cccnc21. The summed E-state index contributed by atoms with van der Waals surface area (Å²) in [6.45, 7) is 11.4. The van der Waals surface area contributed by atoms with Gasteiger partial charge in [-0.15, -0.1) is 0 Å². The van der Waals surface area contributed by atoms with Gasteiger partial charge in [0.25, 0.3) is 0 Å². The molecule has 0 fully saturated rings. The molecule has 1 aliphatic heterocycles. The first-order valence-corrected chi connectivity index (χ1v) is 12.4. The predicted octanol–water partition coefficient (Wildman–Crippen LogP) is 5.76. The monoisotopic (exact) mass is 469 g/mol. The lowest BCUT2D eigenvalue weighted by Crippen LogP contribution is -2.31. The van der Waals surface area contributed by atoms with E-state index in [1.807, 2.05) is 25.1 Å². The average Bonchev–Trinajstić information content (AvgIpc) is 3.41. The van der Waals surface area contributed by atoms with Gasteiger partial charge in [0, 0.05) is 65.8 Å². The molecule has 6 heteroatoms. The summed E-state index contributed by atoms with van der Waals surface area (Å²) in [5.41, 5.74) is 3.68. The van der Waals surface area contributed by atoms with E-state index in [1.54, 1.807) is 18.3 Å². The maximum absolute atomic E-state index is 13.3. The summed E-state index contributed by atoms with van der Waals surface area (Å²) in [6.07, 6.45) is 3.81. The number of hydrogen-bond donors (Lipinski definition) is 0. The molecule has 180 valence electrons. The number of fused-ring (bicyclic) bond motifs is 2. The van der Waals surface area contributed by atoms with Crippen LogP contribution >= 0.6 is 0 Å². The highest BCUT2D eigenvalue weighted by molar-refractivity contribution is 5.97. The molecule has 4 aromatic rings. The van der Waals surface area contributed by atoms with Crippen molar-refractivity contribution in [3.63, 3.8) is 0 Å². The zero-order valence-corrected chi connectivity index (χ0v) is 20.7. The minimum absolute atomic E-state index is 0.378. The number of esters is 1. The van der Waals surface area contributed by atoms with Crippen molar-refractivity contribution < 1.29 is 14.3 Å². The zero-order valence-electron chi connectivity index (χ0n) is 20.7. The van der Waals surface area contributed by atoms with Crippen molar-refractivity contribution >= 4 is 22.6 Å². The van der Waals surface area contributed by atoms with E-state index in [4.69, 9.17) is 14.5 Å². The quantitative estimate of drug-likeness (QED) is 0.307. The fraction of sp³-hybridized carbons (Fsp3) is 0.310. The molecule has 2 aromatic heterocycles. The highest BCUT2D eigenvalue weighted by atomic mass is 16.6. The molecule has 0 N–H and O–H groups in total. The Kier molecular flexibility index (Phi) is 5.97. The van der Waals surface area contributed by atoms with Crippen LogP contribution in [0.2, 0.25) is 0 Å². The Labute approximate surface area is 206 Å². The average molecular weight is 470 g/mol. The first-order chi connectivity index (χ1) is 17.1. The van der Waals surface area contributed by atoms with Crippen molar-refractivity contribution in [2.24, 2.45) is 0 Å². The minimum atomic E-state index is -1.22. The van der Waals surface area contributed by atoms with Crippen molar-refractivity contribution in [1.29, 1.82) is 0 Å². The molecular formula is C29H31N3O3. The molecule has 0 saturated carbocycles. The van der Waals surface area contributed by atoms with Crippen LogP contribution in [0.1, 0.15) is 54.9 Å². The van der Waals surface area contributed by atoms with E-state index in [-0.39, 0.29) is 5.97 Å². The van der Waals surface area contributed by atoms with Gasteiger partial charge in [0.05, 0.1) is 12.2 Å². The fourth-order valence-corrected chi connectivity index (χ4v) is 5.25. The second-order valence-electron chi connectivity index (χ2n) is 8.60. The Balaban J connectivity index is 1.86. The maximum Gasteiger partial charge on any atom is 0.341 e. The number of carbonyl (C=O) groups is 1. The summed E-state index contributed by atoms with van der Waals surface area (Å²) in [5, 5.41) is 1.02. The number of pyridine rings is 1. The molecule has 2 aromatic carbocycles. The van der Waals surface area contributed by atoms with E-state index in [1.165, 1.54) is 0 Å². The highest BCUT2D eigenvalue weighted by Gasteiger charge is 2.53. The lowest BCUT2D eigenvalue weighted by molar-refractivity contribution is 0.0239. The number of cyclic esters (lactones) is 1. The third-order valence-electron chi connectivity index (χ3n) is 6.89. The topological polar surface area (TPSA) is 56.6 Å². The van der Waals surface area contributed by atoms with E-state index in [2.05, 4.69) is 60.7 Å². The van der Waals surface area contributed by atoms with Gasteiger partial charge in [0.2, 0.25) is 5.60 Å². The summed E-state index contributed by atoms with van der Waals surface area (Å²) in [7, 11) is 0. The predicted molar refractivity (Wildman–Crippen MR) is 138 cm³/mol. The van der Waals surface area contributed by atoms with E-state index in [0.29, 0.717) is 23.6 Å². The maximum atomic E-state index is 13.3. The summed E-state index contributed by atoms with van der Waals surface area (Å²) in [4.78, 5) is 20.3. The van der Waals surface area contributed by atoms with E-state index in [9.17, 15) is 4.79 Å². The molecule has 1 aliphatic rings. The summed E-state index contributed by atoms with van der Waals surface area (Å²) < 4.78 is 14.8. The number of nitrogens with zero attached hydrogens (tertiary/aromatic N) is 3. The number of carbonyl (C=O) groups excluding carboxylic acids is 1. The first-order valence-electron chi connectivity index (χ1n) is 12.4. The van der Waals surface area contributed by atoms with Crippen LogP contribution < -0.4 is 9.64 Å². The van der Waals surface area contributed by atoms with Gasteiger partial charge in [0.15, 0.2) is 0 Å². The van der Waals surface area contributed by atoms with Gasteiger partial charge in [-0.2, -0.15) is 0 Å². The lowest BCUT2D eigenvalue weighted by atomic mass is 9.82. The molecule has 0 bridgehead atoms. The van der Waals surface area contributed by atoms with Gasteiger partial charge in [0.1, 0.15) is 11.4 Å². The molecule has 0 amide bonds. The van der Waals surface area contributed by atoms with Crippen LogP contribution in [-0.4, -0.2) is 35.2 Å². The van der Waals surface area contributed by atoms with Gasteiger partial charge in [-0.25, -0.2) is 4.79 Å². The van der Waals surface area contributed by atoms with E-state index < -0.39 is 5.60 Å². The number of hydrogen-bond acceptors (Lipinski definition) is 5. The molecule has 3 heterocycles. The molecule has 0 spiro atoms. The van der Waals surface area contributed by atoms with Crippen LogP contribution in [0.4, 0.5) is 5.69 Å². The van der Waals surface area contributed by atoms with Gasteiger partial charge in [-0.05, 0) is 58.0 Å². The van der Waals surface area contributed by atoms with Crippen molar-refractivity contribution in [2.75, 3.05) is 24.6 Å². The minimum Gasteiger partial charge on any atom is -0.493 e. The fourth-order valence-electron chi connectivity index (χ4n) is 5.25. The standard InChI is InChI=1S/C29H31N3O3/c1-5-31(6-2)20-15-16-23(26(18-20)34-8-4)29(27-22(28(33)35-29)13-11-17-30-27)24-19-32(7-3)25-14-10-9-12-21(24)25/h9-19H,5-8H2,1-4H3. The van der Waals surface area contributed by atoms with Crippen LogP contribution in [0.15, 0.2) is 67.0 Å². The Morgan fingerprint density at radius 1 is 1.00 bits per heavy atom. The second kappa shape index (κ2) is 9.10. The Bertz CT molecular complexity index is 1390. The van der Waals surface area contributed by atoms with Crippen LogP contribution in [0.3, 0.4) is 0 Å². The van der Waals surface area contributed by atoms with Crippen LogP contribution in [-0.2, 0) is 16.9 Å². The lowest BCUT2D eigenvalue weighted by Gasteiger charge is -2.31. The van der Waals surface area contributed by atoms with Crippen molar-refractivity contribution in [2.45, 2.75) is 39.8 Å². The molecule has 0 saturated heterocycles. The number of aryl methyl sites for hydroxylation is 1. The van der Waals surface area contributed by atoms with Crippen LogP contribution in [0.25, 0.3) is 10.9 Å². The smallest absolute Gasteiger partial charge is 0.341 e. The van der Waals surface area contributed by atoms with Gasteiger partial charge >= 0.3 is 5.97 Å². The molecule has 1 atom stereocenters. The van der Waals surface area contributed by atoms with Crippen molar-refractivity contribution in [1.82, 2.24) is 9.55 Å². The Morgan fingerprint density at radius 3 is 2.54 bits per heavy atom. The van der Waals surface area contributed by atoms with Crippen LogP contribution in [0.5, 0.6) is 5.75 Å². The Morgan fingerprint density at radius 2 is 1.80 bits per heavy atom. The normalized spacial score (nSPS) is 16.9. The molecule has 5 rings (SSSR count). The van der Waals surface area contributed by atoms with Gasteiger partial charge < -0.3 is 18.9 Å². The molecule has 6 nitrogen and oxygen atoms in total. The van der Waals surface area contributed by atoms with Crippen molar-refractivity contribution in [3.8, 4) is 5.75 Å². The first kappa shape index (κ1) is 23.0. The molecule has 35 heavy (non-hydrogen) atoms. The second-order valence-corrected chi connectivity index (χ2v) is 8.60. The number of anilines is 1. The summed E-state index contributed by atoms with van der Waals surface area (Å²) in [5.74, 6) is 0.313. The Hall–Kier alpha value is -3.80. The van der Waals surface area contributed by atoms with Crippen LogP contribution in [0, 0.1) is 0 Å². The number of para-hydroxylation sites is 1. The van der Waals surface area contributed by atoms with Gasteiger partial charge in [-0.1, -0.05) is 18.2 Å². The van der Waals surface area contributed by atoms with Crippen molar-refractivity contribution in [3.05, 3.63) is 89.4 Å². The van der Waals surface area contributed by atoms with E-state index >= 15 is 0 Å². The molecule has 1 unspecified atom stereocenters. The number of aromatic nitrogens is 2. The van der Waals surface area contributed by atoms with E-state index in [0.717, 1.165) is 47.4 Å². The molecular weight excluding hydrogens is 438 g/mol. The summed E-state index contributed by atoms with van der Waals surface area (Å²) in [6, 6.07) is 18.0. The zero-order chi connectivity index (χ0) is 24.6. The largest absolute Gasteiger partial charge is 0.493 e. The summed E-state index contributed by atoms with van der Waals surface area (Å²) >= 11 is 0. The van der Waals surface area contributed by atoms with Gasteiger partial charge in [-0.3, -0.25) is 4.98 Å². The number of benzene rings is 2. The third-order valence-corrected chi connectivity index (χ3v) is 6.89. The number of ether oxygens (including phenoxy) is 2.